The van der Waals surface area contributed by atoms with Crippen LogP contribution in [-0.2, 0) is 11.3 Å². The van der Waals surface area contributed by atoms with Gasteiger partial charge in [-0.3, -0.25) is 13.9 Å². The Morgan fingerprint density at radius 1 is 1.10 bits per heavy atom. The average Bonchev–Trinajstić information content (AvgIpc) is 3.74. The number of hydrogen-bond acceptors (Lipinski definition) is 8. The molecule has 2 aliphatic rings. The van der Waals surface area contributed by atoms with Gasteiger partial charge in [0, 0.05) is 19.1 Å². The Morgan fingerprint density at radius 2 is 1.88 bits per heavy atom. The molecule has 2 aliphatic heterocycles. The highest BCUT2D eigenvalue weighted by molar-refractivity contribution is 5.97. The molecule has 3 N–H and O–H groups in total. The van der Waals surface area contributed by atoms with E-state index in [9.17, 15) is 14.9 Å². The highest BCUT2D eigenvalue weighted by Crippen LogP contribution is 2.27. The number of nitrogen functional groups attached to an aromatic ring is 1. The number of para-hydroxylation sites is 1. The highest BCUT2D eigenvalue weighted by atomic mass is 16.5. The van der Waals surface area contributed by atoms with Crippen LogP contribution in [0.15, 0.2) is 77.4 Å². The number of carbonyl (C=O) groups is 1. The number of nitrogens with two attached hydrogens (primary N) is 1. The molecule has 4 aromatic rings. The minimum Gasteiger partial charge on any atom is -0.457 e. The number of imidazole rings is 1. The maximum absolute atomic E-state index is 13.9. The first-order valence-electron chi connectivity index (χ1n) is 13.7. The zero-order valence-corrected chi connectivity index (χ0v) is 22.4. The second-order valence-corrected chi connectivity index (χ2v) is 10.3. The zero-order valence-electron chi connectivity index (χ0n) is 22.4. The maximum atomic E-state index is 13.9. The SMILES string of the molecule is N#CC(=CC1CCCN1)C(=O)N1CCCC1Cn1c(=O)n(-c2ccc(Oc3ccccc3)cc2)c2c(N)ncnc21. The number of nitrogens with one attached hydrogen (secondary N) is 1. The third kappa shape index (κ3) is 5.17. The molecule has 2 unspecified atom stereocenters. The van der Waals surface area contributed by atoms with Crippen LogP contribution in [0.25, 0.3) is 16.9 Å². The molecule has 2 aromatic carbocycles. The van der Waals surface area contributed by atoms with Gasteiger partial charge in [-0.1, -0.05) is 18.2 Å². The molecule has 2 aromatic heterocycles. The number of hydrogen-bond donors (Lipinski definition) is 2. The van der Waals surface area contributed by atoms with Gasteiger partial charge in [0.15, 0.2) is 11.5 Å². The van der Waals surface area contributed by atoms with Crippen LogP contribution in [-0.4, -0.2) is 55.1 Å². The predicted molar refractivity (Wildman–Crippen MR) is 154 cm³/mol. The highest BCUT2D eigenvalue weighted by Gasteiger charge is 2.33. The van der Waals surface area contributed by atoms with Crippen LogP contribution < -0.4 is 21.5 Å². The van der Waals surface area contributed by atoms with Crippen molar-refractivity contribution < 1.29 is 9.53 Å². The number of fused-ring (bicyclic) bond motifs is 1. The summed E-state index contributed by atoms with van der Waals surface area (Å²) < 4.78 is 8.94. The van der Waals surface area contributed by atoms with Gasteiger partial charge >= 0.3 is 5.69 Å². The van der Waals surface area contributed by atoms with Gasteiger partial charge in [-0.25, -0.2) is 14.8 Å². The molecule has 11 heteroatoms. The lowest BCUT2D eigenvalue weighted by Crippen LogP contribution is -2.41. The van der Waals surface area contributed by atoms with Gasteiger partial charge in [0.2, 0.25) is 0 Å². The van der Waals surface area contributed by atoms with Crippen molar-refractivity contribution in [1.82, 2.24) is 29.3 Å². The number of carbonyl (C=O) groups excluding carboxylic acids is 1. The molecule has 0 spiro atoms. The van der Waals surface area contributed by atoms with Crippen molar-refractivity contribution in [3.05, 3.63) is 83.1 Å². The monoisotopic (exact) mass is 550 g/mol. The van der Waals surface area contributed by atoms with Crippen molar-refractivity contribution in [3.8, 4) is 23.3 Å². The van der Waals surface area contributed by atoms with Gasteiger partial charge < -0.3 is 20.7 Å². The Hall–Kier alpha value is -4.95. The summed E-state index contributed by atoms with van der Waals surface area (Å²) >= 11 is 0. The van der Waals surface area contributed by atoms with Crippen molar-refractivity contribution in [1.29, 1.82) is 5.26 Å². The van der Waals surface area contributed by atoms with E-state index in [4.69, 9.17) is 10.5 Å². The summed E-state index contributed by atoms with van der Waals surface area (Å²) in [4.78, 5) is 37.6. The zero-order chi connectivity index (χ0) is 28.3. The summed E-state index contributed by atoms with van der Waals surface area (Å²) in [6, 6.07) is 18.4. The van der Waals surface area contributed by atoms with Crippen molar-refractivity contribution in [3.63, 3.8) is 0 Å². The third-order valence-corrected chi connectivity index (χ3v) is 7.66. The first-order valence-corrected chi connectivity index (χ1v) is 13.7. The van der Waals surface area contributed by atoms with Gasteiger partial charge in [0.05, 0.1) is 11.7 Å². The number of likely N-dealkylation sites (tertiary alicyclic amines) is 1. The van der Waals surface area contributed by atoms with Gasteiger partial charge in [-0.15, -0.1) is 0 Å². The van der Waals surface area contributed by atoms with Crippen molar-refractivity contribution in [2.75, 3.05) is 18.8 Å². The van der Waals surface area contributed by atoms with Crippen LogP contribution in [0.1, 0.15) is 25.7 Å². The fraction of sp³-hybridized carbons (Fsp3) is 0.300. The fourth-order valence-electron chi connectivity index (χ4n) is 5.66. The van der Waals surface area contributed by atoms with E-state index in [-0.39, 0.29) is 41.6 Å². The minimum atomic E-state index is -0.338. The summed E-state index contributed by atoms with van der Waals surface area (Å²) in [5.41, 5.74) is 7.43. The van der Waals surface area contributed by atoms with Gasteiger partial charge in [0.25, 0.3) is 5.91 Å². The van der Waals surface area contributed by atoms with E-state index in [2.05, 4.69) is 21.4 Å². The van der Waals surface area contributed by atoms with E-state index in [1.165, 1.54) is 10.9 Å². The Morgan fingerprint density at radius 3 is 2.61 bits per heavy atom. The summed E-state index contributed by atoms with van der Waals surface area (Å²) in [5, 5.41) is 13.1. The molecule has 4 heterocycles. The molecule has 2 atom stereocenters. The number of amides is 1. The van der Waals surface area contributed by atoms with Crippen molar-refractivity contribution in [2.45, 2.75) is 44.3 Å². The number of rotatable bonds is 7. The molecule has 2 fully saturated rings. The van der Waals surface area contributed by atoms with Crippen LogP contribution in [0.3, 0.4) is 0 Å². The fourth-order valence-corrected chi connectivity index (χ4v) is 5.66. The van der Waals surface area contributed by atoms with E-state index in [0.717, 1.165) is 25.8 Å². The summed E-state index contributed by atoms with van der Waals surface area (Å²) in [6.07, 6.45) is 6.47. The molecule has 0 radical (unpaired) electrons. The quantitative estimate of drug-likeness (QED) is 0.264. The molecule has 2 saturated heterocycles. The summed E-state index contributed by atoms with van der Waals surface area (Å²) in [5.74, 6) is 1.20. The summed E-state index contributed by atoms with van der Waals surface area (Å²) in [7, 11) is 0. The molecule has 1 amide bonds. The van der Waals surface area contributed by atoms with Gasteiger partial charge in [0.1, 0.15) is 35.0 Å². The Labute approximate surface area is 236 Å². The van der Waals surface area contributed by atoms with E-state index in [0.29, 0.717) is 41.3 Å². The molecule has 0 aliphatic carbocycles. The molecule has 6 rings (SSSR count). The number of benzene rings is 2. The Balaban J connectivity index is 1.31. The van der Waals surface area contributed by atoms with E-state index in [1.54, 1.807) is 39.8 Å². The Bertz CT molecular complexity index is 1700. The molecule has 11 nitrogen and oxygen atoms in total. The smallest absolute Gasteiger partial charge is 0.335 e. The van der Waals surface area contributed by atoms with Crippen molar-refractivity contribution >= 4 is 22.9 Å². The topological polar surface area (TPSA) is 144 Å². The van der Waals surface area contributed by atoms with E-state index in [1.807, 2.05) is 30.3 Å². The van der Waals surface area contributed by atoms with Crippen LogP contribution in [0, 0.1) is 11.3 Å². The lowest BCUT2D eigenvalue weighted by molar-refractivity contribution is -0.127. The van der Waals surface area contributed by atoms with Crippen LogP contribution in [0.4, 0.5) is 5.82 Å². The van der Waals surface area contributed by atoms with Crippen LogP contribution in [0.2, 0.25) is 0 Å². The molecule has 0 bridgehead atoms. The maximum Gasteiger partial charge on any atom is 0.335 e. The lowest BCUT2D eigenvalue weighted by atomic mass is 10.1. The molecular formula is C30H30N8O3. The van der Waals surface area contributed by atoms with Gasteiger partial charge in [-0.05, 0) is 74.7 Å². The number of anilines is 1. The normalized spacial score (nSPS) is 19.0. The third-order valence-electron chi connectivity index (χ3n) is 7.66. The van der Waals surface area contributed by atoms with Crippen LogP contribution >= 0.6 is 0 Å². The number of ether oxygens (including phenoxy) is 1. The molecule has 208 valence electrons. The second kappa shape index (κ2) is 11.3. The standard InChI is InChI=1S/C30H30N8O3/c31-17-20(16-21-6-4-14-33-21)29(39)36-15-5-7-23(36)18-37-28-26(27(32)34-19-35-28)38(30(37)40)22-10-12-25(13-11-22)41-24-8-2-1-3-9-24/h1-3,8-13,16,19,21,23,33H,4-7,14-15,18H2,(H2,32,34,35). The van der Waals surface area contributed by atoms with Crippen molar-refractivity contribution in [2.24, 2.45) is 0 Å². The van der Waals surface area contributed by atoms with Crippen LogP contribution in [0.5, 0.6) is 11.5 Å². The number of nitriles is 1. The minimum absolute atomic E-state index is 0.0272. The second-order valence-electron chi connectivity index (χ2n) is 10.3. The molecular weight excluding hydrogens is 520 g/mol. The number of aromatic nitrogens is 4. The molecule has 41 heavy (non-hydrogen) atoms. The molecule has 0 saturated carbocycles. The predicted octanol–water partition coefficient (Wildman–Crippen LogP) is 3.15. The first-order chi connectivity index (χ1) is 20.0. The largest absolute Gasteiger partial charge is 0.457 e. The first kappa shape index (κ1) is 26.3. The van der Waals surface area contributed by atoms with Gasteiger partial charge in [-0.2, -0.15) is 5.26 Å². The lowest BCUT2D eigenvalue weighted by Gasteiger charge is -2.25. The Kier molecular flexibility index (Phi) is 7.22. The average molecular weight is 551 g/mol. The van der Waals surface area contributed by atoms with E-state index < -0.39 is 0 Å². The number of nitrogens with zero attached hydrogens (tertiary/aromatic N) is 6. The van der Waals surface area contributed by atoms with E-state index >= 15 is 0 Å². The summed E-state index contributed by atoms with van der Waals surface area (Å²) in [6.45, 7) is 1.62.